The number of benzene rings is 2. The van der Waals surface area contributed by atoms with Crippen molar-refractivity contribution in [3.05, 3.63) is 65.5 Å². The average molecular weight is 458 g/mol. The molecule has 1 saturated heterocycles. The van der Waals surface area contributed by atoms with E-state index in [0.29, 0.717) is 0 Å². The molecule has 2 aromatic carbocycles. The van der Waals surface area contributed by atoms with Gasteiger partial charge in [0.15, 0.2) is 0 Å². The molecule has 4 heterocycles. The van der Waals surface area contributed by atoms with Gasteiger partial charge in [0.25, 0.3) is 0 Å². The Morgan fingerprint density at radius 2 is 1.94 bits per heavy atom. The van der Waals surface area contributed by atoms with Crippen LogP contribution in [0.3, 0.4) is 0 Å². The van der Waals surface area contributed by atoms with Crippen molar-refractivity contribution in [1.29, 1.82) is 0 Å². The summed E-state index contributed by atoms with van der Waals surface area (Å²) in [6, 6.07) is 14.1. The zero-order chi connectivity index (χ0) is 22.9. The maximum absolute atomic E-state index is 13.2. The van der Waals surface area contributed by atoms with Gasteiger partial charge in [0.1, 0.15) is 5.82 Å². The molecule has 6 rings (SSSR count). The van der Waals surface area contributed by atoms with Crippen molar-refractivity contribution >= 4 is 27.8 Å². The van der Waals surface area contributed by atoms with Gasteiger partial charge < -0.3 is 20.0 Å². The highest BCUT2D eigenvalue weighted by atomic mass is 16.5. The first-order chi connectivity index (χ1) is 16.8. The summed E-state index contributed by atoms with van der Waals surface area (Å²) in [6.45, 7) is 5.32. The number of anilines is 1. The number of ether oxygens (including phenoxy) is 1. The zero-order valence-corrected chi connectivity index (χ0v) is 18.8. The molecule has 174 valence electrons. The van der Waals surface area contributed by atoms with Gasteiger partial charge in [0.05, 0.1) is 42.0 Å². The molecule has 1 aliphatic rings. The van der Waals surface area contributed by atoms with E-state index < -0.39 is 0 Å². The molecule has 0 aliphatic carbocycles. The lowest BCUT2D eigenvalue weighted by Crippen LogP contribution is -2.37. The maximum Gasteiger partial charge on any atom is 0.332 e. The number of fused-ring (bicyclic) bond motifs is 2. The Morgan fingerprint density at radius 1 is 1.03 bits per heavy atom. The van der Waals surface area contributed by atoms with Gasteiger partial charge in [0, 0.05) is 42.3 Å². The van der Waals surface area contributed by atoms with Gasteiger partial charge in [-0.15, -0.1) is 0 Å². The number of nitrogens with one attached hydrogen (secondary N) is 4. The minimum absolute atomic E-state index is 0.182. The van der Waals surface area contributed by atoms with Crippen molar-refractivity contribution in [2.45, 2.75) is 6.42 Å². The highest BCUT2D eigenvalue weighted by Gasteiger charge is 2.19. The van der Waals surface area contributed by atoms with Crippen LogP contribution < -0.4 is 11.0 Å². The molecule has 4 N–H and O–H groups in total. The Hall–Kier alpha value is -3.82. The highest BCUT2D eigenvalue weighted by Crippen LogP contribution is 2.31. The van der Waals surface area contributed by atoms with Crippen molar-refractivity contribution in [2.24, 2.45) is 0 Å². The lowest BCUT2D eigenvalue weighted by Gasteiger charge is -2.26. The van der Waals surface area contributed by atoms with E-state index in [1.165, 1.54) is 0 Å². The van der Waals surface area contributed by atoms with E-state index in [1.54, 1.807) is 10.9 Å². The van der Waals surface area contributed by atoms with Gasteiger partial charge in [-0.05, 0) is 49.4 Å². The second-order valence-electron chi connectivity index (χ2n) is 8.61. The molecule has 9 heteroatoms. The minimum Gasteiger partial charge on any atom is -0.379 e. The van der Waals surface area contributed by atoms with Crippen LogP contribution >= 0.6 is 0 Å². The molecule has 0 radical (unpaired) electrons. The highest BCUT2D eigenvalue weighted by molar-refractivity contribution is 5.87. The summed E-state index contributed by atoms with van der Waals surface area (Å²) in [4.78, 5) is 29.4. The van der Waals surface area contributed by atoms with E-state index in [1.807, 2.05) is 42.6 Å². The molecular weight excluding hydrogens is 430 g/mol. The first kappa shape index (κ1) is 20.8. The molecule has 0 saturated carbocycles. The monoisotopic (exact) mass is 457 g/mol. The molecule has 0 amide bonds. The minimum atomic E-state index is -0.182. The molecular formula is C25H27N7O2. The second kappa shape index (κ2) is 8.85. The van der Waals surface area contributed by atoms with Crippen molar-refractivity contribution in [3.8, 4) is 16.9 Å². The maximum atomic E-state index is 13.2. The van der Waals surface area contributed by atoms with Crippen LogP contribution in [-0.2, 0) is 4.74 Å². The quantitative estimate of drug-likeness (QED) is 0.281. The molecule has 5 aromatic rings. The number of hydrogen-bond acceptors (Lipinski definition) is 5. The fourth-order valence-corrected chi connectivity index (χ4v) is 4.69. The van der Waals surface area contributed by atoms with Gasteiger partial charge in [-0.3, -0.25) is 14.5 Å². The Labute approximate surface area is 195 Å². The van der Waals surface area contributed by atoms with E-state index in [9.17, 15) is 4.79 Å². The largest absolute Gasteiger partial charge is 0.379 e. The third kappa shape index (κ3) is 3.89. The first-order valence-electron chi connectivity index (χ1n) is 11.7. The third-order valence-corrected chi connectivity index (χ3v) is 6.44. The van der Waals surface area contributed by atoms with Crippen LogP contribution in [0.4, 0.5) is 5.82 Å². The summed E-state index contributed by atoms with van der Waals surface area (Å²) in [5.41, 5.74) is 5.19. The van der Waals surface area contributed by atoms with Crippen molar-refractivity contribution in [3.63, 3.8) is 0 Å². The first-order valence-corrected chi connectivity index (χ1v) is 11.7. The van der Waals surface area contributed by atoms with Gasteiger partial charge in [-0.1, -0.05) is 6.07 Å². The molecule has 0 spiro atoms. The van der Waals surface area contributed by atoms with Crippen LogP contribution in [0.1, 0.15) is 6.42 Å². The van der Waals surface area contributed by atoms with E-state index in [2.05, 4.69) is 36.2 Å². The van der Waals surface area contributed by atoms with Crippen LogP contribution in [0, 0.1) is 0 Å². The Balaban J connectivity index is 1.36. The summed E-state index contributed by atoms with van der Waals surface area (Å²) in [5, 5.41) is 4.59. The predicted octanol–water partition coefficient (Wildman–Crippen LogP) is 3.32. The van der Waals surface area contributed by atoms with Crippen molar-refractivity contribution in [1.82, 2.24) is 29.4 Å². The number of hydrogen-bond donors (Lipinski definition) is 4. The van der Waals surface area contributed by atoms with Crippen LogP contribution in [0.25, 0.3) is 38.9 Å². The predicted molar refractivity (Wildman–Crippen MR) is 134 cm³/mol. The number of rotatable bonds is 7. The number of aromatic amines is 3. The van der Waals surface area contributed by atoms with Crippen LogP contribution in [-0.4, -0.2) is 68.8 Å². The summed E-state index contributed by atoms with van der Waals surface area (Å²) in [6.07, 6.45) is 4.57. The smallest absolute Gasteiger partial charge is 0.332 e. The molecule has 9 nitrogen and oxygen atoms in total. The number of nitrogens with zero attached hydrogens (tertiary/aromatic N) is 3. The Bertz CT molecular complexity index is 1490. The summed E-state index contributed by atoms with van der Waals surface area (Å²) in [7, 11) is 0. The van der Waals surface area contributed by atoms with E-state index in [0.717, 1.165) is 90.5 Å². The third-order valence-electron chi connectivity index (χ3n) is 6.44. The van der Waals surface area contributed by atoms with Gasteiger partial charge in [0.2, 0.25) is 0 Å². The Morgan fingerprint density at radius 3 is 2.85 bits per heavy atom. The van der Waals surface area contributed by atoms with Crippen molar-refractivity contribution in [2.75, 3.05) is 44.7 Å². The van der Waals surface area contributed by atoms with Crippen molar-refractivity contribution < 1.29 is 4.74 Å². The topological polar surface area (TPSA) is 107 Å². The standard InChI is InChI=1S/C25H27N7O2/c33-25-30-24(27-7-1-9-31-10-12-34-13-11-31)23(18-2-4-20-17(14-18)6-8-26-20)32(25)19-3-5-21-22(15-19)29-16-28-21/h2-6,8,14-16,26-27H,1,7,9-13H2,(H,28,29)(H,30,33). The Kier molecular flexibility index (Phi) is 5.40. The van der Waals surface area contributed by atoms with E-state index >= 15 is 0 Å². The van der Waals surface area contributed by atoms with E-state index in [-0.39, 0.29) is 5.69 Å². The number of aromatic nitrogens is 5. The summed E-state index contributed by atoms with van der Waals surface area (Å²) < 4.78 is 7.17. The van der Waals surface area contributed by atoms with Crippen LogP contribution in [0.15, 0.2) is 59.8 Å². The molecule has 34 heavy (non-hydrogen) atoms. The molecule has 0 unspecified atom stereocenters. The van der Waals surface area contributed by atoms with Gasteiger partial charge >= 0.3 is 5.69 Å². The van der Waals surface area contributed by atoms with E-state index in [4.69, 9.17) is 4.74 Å². The van der Waals surface area contributed by atoms with Crippen LogP contribution in [0.5, 0.6) is 0 Å². The average Bonchev–Trinajstić information content (AvgIpc) is 3.59. The molecule has 1 aliphatic heterocycles. The molecule has 1 fully saturated rings. The van der Waals surface area contributed by atoms with Crippen LogP contribution in [0.2, 0.25) is 0 Å². The number of imidazole rings is 2. The SMILES string of the molecule is O=c1[nH]c(NCCCN2CCOCC2)c(-c2ccc3[nH]ccc3c2)n1-c1ccc2nc[nH]c2c1. The van der Waals surface area contributed by atoms with Gasteiger partial charge in [-0.2, -0.15) is 0 Å². The molecule has 3 aromatic heterocycles. The second-order valence-corrected chi connectivity index (χ2v) is 8.61. The number of morpholine rings is 1. The lowest BCUT2D eigenvalue weighted by atomic mass is 10.1. The fourth-order valence-electron chi connectivity index (χ4n) is 4.69. The number of H-pyrrole nitrogens is 3. The molecule has 0 bridgehead atoms. The summed E-state index contributed by atoms with van der Waals surface area (Å²) >= 11 is 0. The molecule has 0 atom stereocenters. The summed E-state index contributed by atoms with van der Waals surface area (Å²) in [5.74, 6) is 0.728. The van der Waals surface area contributed by atoms with Gasteiger partial charge in [-0.25, -0.2) is 9.78 Å². The normalized spacial score (nSPS) is 14.8. The lowest BCUT2D eigenvalue weighted by molar-refractivity contribution is 0.0378. The zero-order valence-electron chi connectivity index (χ0n) is 18.8. The fraction of sp³-hybridized carbons (Fsp3) is 0.280.